The monoisotopic (exact) mass is 373 g/mol. The smallest absolute Gasteiger partial charge is 0.269 e. The second kappa shape index (κ2) is 10.3. The van der Waals surface area contributed by atoms with Gasteiger partial charge in [-0.3, -0.25) is 14.9 Å². The molecule has 7 nitrogen and oxygen atoms in total. The molecule has 0 saturated heterocycles. The number of nitro groups is 1. The van der Waals surface area contributed by atoms with E-state index in [2.05, 4.69) is 0 Å². The molecule has 0 amide bonds. The molecule has 2 rings (SSSR count). The summed E-state index contributed by atoms with van der Waals surface area (Å²) in [4.78, 5) is 32.3. The van der Waals surface area contributed by atoms with Gasteiger partial charge in [0.05, 0.1) is 10.6 Å². The SMILES string of the molecule is CCCCC(=O)[O-].CCc1cc(C)c(C(=O)c2ccc([N+](=O)[O-])cc2)n1C. The van der Waals surface area contributed by atoms with Gasteiger partial charge in [0.15, 0.2) is 0 Å². The number of unbranched alkanes of at least 4 members (excludes halogenated alkanes) is 1. The third-order valence-corrected chi connectivity index (χ3v) is 4.17. The standard InChI is InChI=1S/C15H16N2O3.C5H10O2/c1-4-12-9-10(2)14(16(12)3)15(18)11-5-7-13(8-6-11)17(19)20;1-2-3-4-5(6)7/h5-9H,4H2,1-3H3;2-4H2,1H3,(H,6,7)/p-1. The lowest BCUT2D eigenvalue weighted by molar-refractivity contribution is -0.384. The van der Waals surface area contributed by atoms with E-state index in [1.54, 1.807) is 0 Å². The first-order chi connectivity index (χ1) is 12.7. The van der Waals surface area contributed by atoms with Crippen LogP contribution in [0.25, 0.3) is 0 Å². The molecule has 146 valence electrons. The van der Waals surface area contributed by atoms with Gasteiger partial charge >= 0.3 is 0 Å². The second-order valence-corrected chi connectivity index (χ2v) is 6.19. The molecule has 0 aliphatic heterocycles. The van der Waals surface area contributed by atoms with E-state index in [1.807, 2.05) is 38.5 Å². The van der Waals surface area contributed by atoms with Crippen molar-refractivity contribution in [2.24, 2.45) is 7.05 Å². The Morgan fingerprint density at radius 1 is 1.15 bits per heavy atom. The zero-order valence-corrected chi connectivity index (χ0v) is 16.2. The number of hydrogen-bond donors (Lipinski definition) is 0. The fraction of sp³-hybridized carbons (Fsp3) is 0.400. The highest BCUT2D eigenvalue weighted by Gasteiger charge is 2.18. The summed E-state index contributed by atoms with van der Waals surface area (Å²) >= 11 is 0. The zero-order chi connectivity index (χ0) is 20.6. The Labute approximate surface area is 158 Å². The molecule has 0 radical (unpaired) electrons. The molecule has 0 unspecified atom stereocenters. The second-order valence-electron chi connectivity index (χ2n) is 6.19. The first-order valence-electron chi connectivity index (χ1n) is 8.87. The van der Waals surface area contributed by atoms with Gasteiger partial charge in [-0.05, 0) is 49.9 Å². The van der Waals surface area contributed by atoms with Gasteiger partial charge in [0.2, 0.25) is 5.78 Å². The Hall–Kier alpha value is -2.96. The van der Waals surface area contributed by atoms with Crippen molar-refractivity contribution in [2.75, 3.05) is 0 Å². The minimum absolute atomic E-state index is 0.0144. The number of carboxylic acid groups (broad SMARTS) is 1. The number of nitrogens with zero attached hydrogens (tertiary/aromatic N) is 2. The van der Waals surface area contributed by atoms with E-state index in [9.17, 15) is 24.8 Å². The zero-order valence-electron chi connectivity index (χ0n) is 16.2. The van der Waals surface area contributed by atoms with E-state index in [4.69, 9.17) is 0 Å². The van der Waals surface area contributed by atoms with Crippen LogP contribution in [0.1, 0.15) is 60.4 Å². The van der Waals surface area contributed by atoms with Crippen LogP contribution in [-0.4, -0.2) is 21.2 Å². The third kappa shape index (κ3) is 6.06. The Morgan fingerprint density at radius 2 is 1.74 bits per heavy atom. The topological polar surface area (TPSA) is 105 Å². The number of ketones is 1. The van der Waals surface area contributed by atoms with Crippen LogP contribution in [0.2, 0.25) is 0 Å². The predicted molar refractivity (Wildman–Crippen MR) is 101 cm³/mol. The minimum atomic E-state index is -0.943. The van der Waals surface area contributed by atoms with Crippen LogP contribution in [0, 0.1) is 17.0 Å². The average molecular weight is 373 g/mol. The van der Waals surface area contributed by atoms with Crippen LogP contribution < -0.4 is 5.11 Å². The molecule has 0 saturated carbocycles. The summed E-state index contributed by atoms with van der Waals surface area (Å²) in [5.74, 6) is -1.05. The van der Waals surface area contributed by atoms with Crippen LogP contribution in [0.5, 0.6) is 0 Å². The lowest BCUT2D eigenvalue weighted by atomic mass is 10.1. The largest absolute Gasteiger partial charge is 0.550 e. The maximum Gasteiger partial charge on any atom is 0.269 e. The highest BCUT2D eigenvalue weighted by Crippen LogP contribution is 2.20. The molecular weight excluding hydrogens is 348 g/mol. The van der Waals surface area contributed by atoms with E-state index < -0.39 is 10.9 Å². The summed E-state index contributed by atoms with van der Waals surface area (Å²) in [6.45, 7) is 5.88. The number of benzene rings is 1. The summed E-state index contributed by atoms with van der Waals surface area (Å²) in [6, 6.07) is 7.70. The maximum atomic E-state index is 12.5. The number of carbonyl (C=O) groups is 2. The van der Waals surface area contributed by atoms with Crippen molar-refractivity contribution >= 4 is 17.4 Å². The average Bonchev–Trinajstić information content (AvgIpc) is 2.93. The van der Waals surface area contributed by atoms with E-state index in [-0.39, 0.29) is 17.9 Å². The van der Waals surface area contributed by atoms with Crippen LogP contribution >= 0.6 is 0 Å². The predicted octanol–water partition coefficient (Wildman–Crippen LogP) is 2.96. The summed E-state index contributed by atoms with van der Waals surface area (Å²) in [5.41, 5.74) is 3.10. The van der Waals surface area contributed by atoms with Gasteiger partial charge in [0.25, 0.3) is 5.69 Å². The molecule has 0 aliphatic rings. The maximum absolute atomic E-state index is 12.5. The van der Waals surface area contributed by atoms with E-state index in [0.717, 1.165) is 30.5 Å². The van der Waals surface area contributed by atoms with Crippen molar-refractivity contribution in [3.63, 3.8) is 0 Å². The molecule has 1 aromatic carbocycles. The molecule has 27 heavy (non-hydrogen) atoms. The van der Waals surface area contributed by atoms with Crippen molar-refractivity contribution < 1.29 is 19.6 Å². The molecule has 1 heterocycles. The lowest BCUT2D eigenvalue weighted by Gasteiger charge is -2.06. The molecule has 7 heteroatoms. The fourth-order valence-corrected chi connectivity index (χ4v) is 2.69. The number of aliphatic carboxylic acids is 1. The summed E-state index contributed by atoms with van der Waals surface area (Å²) < 4.78 is 1.89. The molecule has 0 aliphatic carbocycles. The molecule has 0 fully saturated rings. The Bertz CT molecular complexity index is 807. The van der Waals surface area contributed by atoms with Crippen molar-refractivity contribution in [2.45, 2.75) is 46.5 Å². The molecule has 1 aromatic heterocycles. The van der Waals surface area contributed by atoms with Crippen LogP contribution in [0.4, 0.5) is 5.69 Å². The molecule has 0 spiro atoms. The van der Waals surface area contributed by atoms with Gasteiger partial charge in [0.1, 0.15) is 0 Å². The number of rotatable bonds is 7. The summed E-state index contributed by atoms with van der Waals surface area (Å²) in [5, 5.41) is 20.3. The lowest BCUT2D eigenvalue weighted by Crippen LogP contribution is -2.21. The van der Waals surface area contributed by atoms with E-state index in [1.165, 1.54) is 24.3 Å². The number of carboxylic acids is 1. The Balaban J connectivity index is 0.000000445. The first-order valence-corrected chi connectivity index (χ1v) is 8.87. The van der Waals surface area contributed by atoms with Gasteiger partial charge in [-0.25, -0.2) is 0 Å². The van der Waals surface area contributed by atoms with Crippen molar-refractivity contribution in [1.29, 1.82) is 0 Å². The Kier molecular flexibility index (Phi) is 8.38. The van der Waals surface area contributed by atoms with Crippen molar-refractivity contribution in [3.05, 3.63) is 63.0 Å². The number of aromatic nitrogens is 1. The van der Waals surface area contributed by atoms with Gasteiger partial charge < -0.3 is 14.5 Å². The summed E-state index contributed by atoms with van der Waals surface area (Å²) in [6.07, 6.45) is 2.72. The minimum Gasteiger partial charge on any atom is -0.550 e. The molecular formula is C20H25N2O5-. The molecule has 0 atom stereocenters. The van der Waals surface area contributed by atoms with Crippen molar-refractivity contribution in [3.8, 4) is 0 Å². The van der Waals surface area contributed by atoms with Crippen LogP contribution in [0.15, 0.2) is 30.3 Å². The van der Waals surface area contributed by atoms with Gasteiger partial charge in [-0.1, -0.05) is 20.3 Å². The first kappa shape index (κ1) is 22.1. The highest BCUT2D eigenvalue weighted by molar-refractivity contribution is 6.09. The van der Waals surface area contributed by atoms with E-state index >= 15 is 0 Å². The molecule has 0 N–H and O–H groups in total. The third-order valence-electron chi connectivity index (χ3n) is 4.17. The number of nitro benzene ring substituents is 1. The summed E-state index contributed by atoms with van der Waals surface area (Å²) in [7, 11) is 1.87. The number of carbonyl (C=O) groups excluding carboxylic acids is 2. The van der Waals surface area contributed by atoms with Gasteiger partial charge in [-0.15, -0.1) is 0 Å². The Morgan fingerprint density at radius 3 is 2.11 bits per heavy atom. The quantitative estimate of drug-likeness (QED) is 0.421. The number of non-ortho nitro benzene ring substituents is 1. The van der Waals surface area contributed by atoms with Crippen LogP contribution in [-0.2, 0) is 18.3 Å². The fourth-order valence-electron chi connectivity index (χ4n) is 2.69. The number of hydrogen-bond acceptors (Lipinski definition) is 5. The van der Waals surface area contributed by atoms with E-state index in [0.29, 0.717) is 11.3 Å². The normalized spacial score (nSPS) is 10.1. The van der Waals surface area contributed by atoms with Crippen molar-refractivity contribution in [1.82, 2.24) is 4.57 Å². The van der Waals surface area contributed by atoms with Crippen LogP contribution in [0.3, 0.4) is 0 Å². The highest BCUT2D eigenvalue weighted by atomic mass is 16.6. The molecule has 2 aromatic rings. The molecule has 0 bridgehead atoms. The number of aryl methyl sites for hydroxylation is 2. The van der Waals surface area contributed by atoms with Gasteiger partial charge in [0, 0.05) is 36.4 Å². The van der Waals surface area contributed by atoms with Gasteiger partial charge in [-0.2, -0.15) is 0 Å².